The van der Waals surface area contributed by atoms with Gasteiger partial charge in [-0.2, -0.15) is 0 Å². The predicted molar refractivity (Wildman–Crippen MR) is 182 cm³/mol. The fourth-order valence-electron chi connectivity index (χ4n) is 7.32. The largest absolute Gasteiger partial charge is 0.392 e. The van der Waals surface area contributed by atoms with E-state index >= 15 is 0 Å². The molecule has 2 fully saturated rings. The molecule has 0 radical (unpaired) electrons. The standard InChI is InChI=1S/C40H42N2O6/c1-26-36(23-41-20-6-9-33(41)25-46-2)47-40(48-37(26)30-14-12-27(24-43)13-15-30)31-18-16-29(17-19-31)32-8-5-7-28(21-32)22-42-38(44)34-10-3-4-11-35(34)39(42)45/h3-5,7-8,10-19,21,26,33,36-37,40,43H,6,9,20,22-25H2,1-2H3. The normalized spacial score (nSPS) is 24.3. The number of aliphatic hydroxyl groups is 1. The van der Waals surface area contributed by atoms with E-state index in [0.717, 1.165) is 59.3 Å². The Balaban J connectivity index is 1.10. The van der Waals surface area contributed by atoms with E-state index in [9.17, 15) is 14.7 Å². The third kappa shape index (κ3) is 6.46. The highest BCUT2D eigenvalue weighted by molar-refractivity contribution is 6.21. The molecule has 0 spiro atoms. The summed E-state index contributed by atoms with van der Waals surface area (Å²) in [6.07, 6.45) is 1.50. The number of rotatable bonds is 10. The first-order valence-corrected chi connectivity index (χ1v) is 16.8. The summed E-state index contributed by atoms with van der Waals surface area (Å²) in [4.78, 5) is 29.7. The number of nitrogens with zero attached hydrogens (tertiary/aromatic N) is 2. The van der Waals surface area contributed by atoms with Gasteiger partial charge in [0.05, 0.1) is 43.1 Å². The lowest BCUT2D eigenvalue weighted by molar-refractivity contribution is -0.276. The Bertz CT molecular complexity index is 1720. The summed E-state index contributed by atoms with van der Waals surface area (Å²) in [5, 5.41) is 9.59. The van der Waals surface area contributed by atoms with Crippen LogP contribution in [0.5, 0.6) is 0 Å². The zero-order valence-electron chi connectivity index (χ0n) is 27.5. The van der Waals surface area contributed by atoms with Crippen LogP contribution >= 0.6 is 0 Å². The van der Waals surface area contributed by atoms with Gasteiger partial charge >= 0.3 is 0 Å². The van der Waals surface area contributed by atoms with E-state index < -0.39 is 6.29 Å². The molecule has 2 amide bonds. The van der Waals surface area contributed by atoms with Gasteiger partial charge in [-0.15, -0.1) is 0 Å². The number of amides is 2. The van der Waals surface area contributed by atoms with Crippen LogP contribution in [0.15, 0.2) is 97.1 Å². The van der Waals surface area contributed by atoms with Crippen molar-refractivity contribution < 1.29 is 28.9 Å². The molecule has 2 saturated heterocycles. The van der Waals surface area contributed by atoms with Crippen molar-refractivity contribution in [3.63, 3.8) is 0 Å². The fourth-order valence-corrected chi connectivity index (χ4v) is 7.32. The van der Waals surface area contributed by atoms with Crippen LogP contribution in [0, 0.1) is 5.92 Å². The minimum absolute atomic E-state index is 0.00356. The maximum atomic E-state index is 12.9. The van der Waals surface area contributed by atoms with Crippen molar-refractivity contribution in [2.45, 2.75) is 57.5 Å². The number of imide groups is 1. The van der Waals surface area contributed by atoms with Gasteiger partial charge in [-0.25, -0.2) is 0 Å². The van der Waals surface area contributed by atoms with E-state index in [2.05, 4.69) is 36.1 Å². The van der Waals surface area contributed by atoms with Gasteiger partial charge in [-0.1, -0.05) is 85.8 Å². The second-order valence-corrected chi connectivity index (χ2v) is 13.1. The lowest BCUT2D eigenvalue weighted by Crippen LogP contribution is -2.46. The summed E-state index contributed by atoms with van der Waals surface area (Å²) in [6, 6.07) is 31.6. The first-order chi connectivity index (χ1) is 23.4. The van der Waals surface area contributed by atoms with E-state index in [4.69, 9.17) is 14.2 Å². The molecule has 0 aromatic heterocycles. The van der Waals surface area contributed by atoms with Crippen molar-refractivity contribution in [1.29, 1.82) is 0 Å². The highest BCUT2D eigenvalue weighted by Crippen LogP contribution is 2.42. The molecule has 3 heterocycles. The maximum absolute atomic E-state index is 12.9. The average molecular weight is 647 g/mol. The minimum Gasteiger partial charge on any atom is -0.392 e. The molecule has 3 aliphatic rings. The van der Waals surface area contributed by atoms with E-state index in [0.29, 0.717) is 23.8 Å². The van der Waals surface area contributed by atoms with E-state index in [1.165, 1.54) is 4.90 Å². The van der Waals surface area contributed by atoms with Crippen LogP contribution in [0.4, 0.5) is 0 Å². The molecule has 0 aliphatic carbocycles. The van der Waals surface area contributed by atoms with Crippen LogP contribution < -0.4 is 0 Å². The van der Waals surface area contributed by atoms with Gasteiger partial charge in [0, 0.05) is 31.2 Å². The average Bonchev–Trinajstić information content (AvgIpc) is 3.66. The minimum atomic E-state index is -0.550. The second-order valence-electron chi connectivity index (χ2n) is 13.1. The molecular formula is C40H42N2O6. The number of likely N-dealkylation sites (tertiary alicyclic amines) is 1. The number of methoxy groups -OCH3 is 1. The van der Waals surface area contributed by atoms with Crippen molar-refractivity contribution >= 4 is 11.8 Å². The molecule has 0 bridgehead atoms. The SMILES string of the molecule is COCC1CCCN1CC1OC(c2ccc(-c3cccc(CN4C(=O)c5ccccc5C4=O)c3)cc2)OC(c2ccc(CO)cc2)C1C. The number of carbonyl (C=O) groups is 2. The highest BCUT2D eigenvalue weighted by Gasteiger charge is 2.40. The molecule has 8 nitrogen and oxygen atoms in total. The molecule has 5 atom stereocenters. The Morgan fingerprint density at radius 3 is 2.21 bits per heavy atom. The fraction of sp³-hybridized carbons (Fsp3) is 0.350. The first kappa shape index (κ1) is 32.4. The van der Waals surface area contributed by atoms with Gasteiger partial charge in [0.25, 0.3) is 11.8 Å². The van der Waals surface area contributed by atoms with Crippen molar-refractivity contribution in [2.75, 3.05) is 26.8 Å². The predicted octanol–water partition coefficient (Wildman–Crippen LogP) is 6.54. The third-order valence-electron chi connectivity index (χ3n) is 10.1. The zero-order chi connectivity index (χ0) is 33.2. The number of ether oxygens (including phenoxy) is 3. The Labute approximate surface area is 281 Å². The van der Waals surface area contributed by atoms with Crippen molar-refractivity contribution in [3.8, 4) is 11.1 Å². The zero-order valence-corrected chi connectivity index (χ0v) is 27.5. The van der Waals surface area contributed by atoms with Crippen LogP contribution in [-0.2, 0) is 27.4 Å². The van der Waals surface area contributed by atoms with Gasteiger partial charge in [-0.05, 0) is 65.4 Å². The van der Waals surface area contributed by atoms with E-state index in [-0.39, 0.29) is 43.1 Å². The van der Waals surface area contributed by atoms with Gasteiger partial charge < -0.3 is 19.3 Å². The number of aliphatic hydroxyl groups excluding tert-OH is 1. The molecule has 4 aromatic rings. The molecule has 0 saturated carbocycles. The second kappa shape index (κ2) is 14.1. The summed E-state index contributed by atoms with van der Waals surface area (Å²) in [7, 11) is 1.76. The van der Waals surface area contributed by atoms with Crippen LogP contribution in [-0.4, -0.2) is 65.7 Å². The van der Waals surface area contributed by atoms with Gasteiger partial charge in [0.1, 0.15) is 0 Å². The molecule has 4 aromatic carbocycles. The van der Waals surface area contributed by atoms with Crippen LogP contribution in [0.2, 0.25) is 0 Å². The summed E-state index contributed by atoms with van der Waals surface area (Å²) in [5.41, 5.74) is 6.67. The maximum Gasteiger partial charge on any atom is 0.261 e. The van der Waals surface area contributed by atoms with Crippen molar-refractivity contribution in [2.24, 2.45) is 5.92 Å². The van der Waals surface area contributed by atoms with Crippen LogP contribution in [0.25, 0.3) is 11.1 Å². The Morgan fingerprint density at radius 1 is 0.812 bits per heavy atom. The summed E-state index contributed by atoms with van der Waals surface area (Å²) >= 11 is 0. The van der Waals surface area contributed by atoms with Gasteiger partial charge in [-0.3, -0.25) is 19.4 Å². The summed E-state index contributed by atoms with van der Waals surface area (Å²) in [6.45, 7) is 4.97. The number of hydrogen-bond acceptors (Lipinski definition) is 7. The number of fused-ring (bicyclic) bond motifs is 1. The molecule has 248 valence electrons. The Morgan fingerprint density at radius 2 is 1.52 bits per heavy atom. The number of benzene rings is 4. The van der Waals surface area contributed by atoms with Gasteiger partial charge in [0.2, 0.25) is 0 Å². The molecule has 5 unspecified atom stereocenters. The smallest absolute Gasteiger partial charge is 0.261 e. The lowest BCUT2D eigenvalue weighted by Gasteiger charge is -2.43. The van der Waals surface area contributed by atoms with Crippen molar-refractivity contribution in [1.82, 2.24) is 9.80 Å². The molecule has 48 heavy (non-hydrogen) atoms. The summed E-state index contributed by atoms with van der Waals surface area (Å²) in [5.74, 6) is -0.409. The van der Waals surface area contributed by atoms with Crippen molar-refractivity contribution in [3.05, 3.63) is 130 Å². The molecule has 7 rings (SSSR count). The van der Waals surface area contributed by atoms with E-state index in [1.54, 1.807) is 31.4 Å². The Kier molecular flexibility index (Phi) is 9.52. The Hall–Kier alpha value is -4.18. The molecule has 8 heteroatoms. The lowest BCUT2D eigenvalue weighted by atomic mass is 9.89. The topological polar surface area (TPSA) is 88.5 Å². The monoisotopic (exact) mass is 646 g/mol. The van der Waals surface area contributed by atoms with Crippen LogP contribution in [0.3, 0.4) is 0 Å². The number of hydrogen-bond donors (Lipinski definition) is 1. The molecule has 1 N–H and O–H groups in total. The quantitative estimate of drug-likeness (QED) is 0.196. The van der Waals surface area contributed by atoms with E-state index in [1.807, 2.05) is 48.5 Å². The van der Waals surface area contributed by atoms with Crippen LogP contribution in [0.1, 0.15) is 75.1 Å². The first-order valence-electron chi connectivity index (χ1n) is 16.8. The third-order valence-corrected chi connectivity index (χ3v) is 10.1. The summed E-state index contributed by atoms with van der Waals surface area (Å²) < 4.78 is 19.0. The van der Waals surface area contributed by atoms with Gasteiger partial charge in [0.15, 0.2) is 6.29 Å². The highest BCUT2D eigenvalue weighted by atomic mass is 16.7. The number of carbonyl (C=O) groups excluding carboxylic acids is 2. The molecule has 3 aliphatic heterocycles. The molecular weight excluding hydrogens is 604 g/mol.